The predicted octanol–water partition coefficient (Wildman–Crippen LogP) is 1.87. The van der Waals surface area contributed by atoms with Gasteiger partial charge in [0.1, 0.15) is 0 Å². The minimum atomic E-state index is -0.196. The van der Waals surface area contributed by atoms with Gasteiger partial charge in [-0.15, -0.1) is 0 Å². The first-order valence-corrected chi connectivity index (χ1v) is 5.45. The van der Waals surface area contributed by atoms with Gasteiger partial charge in [0.25, 0.3) is 5.91 Å². The lowest BCUT2D eigenvalue weighted by atomic mass is 9.97. The third-order valence-corrected chi connectivity index (χ3v) is 2.54. The van der Waals surface area contributed by atoms with Gasteiger partial charge in [-0.3, -0.25) is 4.79 Å². The summed E-state index contributed by atoms with van der Waals surface area (Å²) < 4.78 is 0. The number of amides is 1. The van der Waals surface area contributed by atoms with E-state index in [4.69, 9.17) is 5.21 Å². The summed E-state index contributed by atoms with van der Waals surface area (Å²) in [6, 6.07) is 7.09. The largest absolute Gasteiger partial charge is 0.355 e. The van der Waals surface area contributed by atoms with E-state index in [-0.39, 0.29) is 11.9 Å². The highest BCUT2D eigenvalue weighted by Crippen LogP contribution is 2.21. The van der Waals surface area contributed by atoms with Crippen LogP contribution in [0, 0.1) is 0 Å². The van der Waals surface area contributed by atoms with Crippen molar-refractivity contribution in [3.63, 3.8) is 0 Å². The zero-order chi connectivity index (χ0) is 12.0. The van der Waals surface area contributed by atoms with Crippen LogP contribution in [0.15, 0.2) is 24.3 Å². The van der Waals surface area contributed by atoms with Gasteiger partial charge in [-0.25, -0.2) is 0 Å². The molecule has 88 valence electrons. The van der Waals surface area contributed by atoms with E-state index in [1.165, 1.54) is 0 Å². The van der Waals surface area contributed by atoms with Crippen LogP contribution in [0.4, 0.5) is 0 Å². The van der Waals surface area contributed by atoms with E-state index in [0.717, 1.165) is 18.4 Å². The second-order valence-corrected chi connectivity index (χ2v) is 3.64. The maximum Gasteiger partial charge on any atom is 0.251 e. The first-order chi connectivity index (χ1) is 7.74. The van der Waals surface area contributed by atoms with Gasteiger partial charge >= 0.3 is 0 Å². The van der Waals surface area contributed by atoms with Gasteiger partial charge in [0, 0.05) is 12.6 Å². The Balaban J connectivity index is 3.05. The minimum absolute atomic E-state index is 0.132. The van der Waals surface area contributed by atoms with E-state index >= 15 is 0 Å². The molecule has 4 heteroatoms. The molecule has 0 fully saturated rings. The highest BCUT2D eigenvalue weighted by Gasteiger charge is 2.16. The van der Waals surface area contributed by atoms with Crippen molar-refractivity contribution in [1.29, 1.82) is 0 Å². The summed E-state index contributed by atoms with van der Waals surface area (Å²) in [5.41, 5.74) is 3.69. The molecule has 1 aromatic rings. The summed E-state index contributed by atoms with van der Waals surface area (Å²) >= 11 is 0. The van der Waals surface area contributed by atoms with Crippen molar-refractivity contribution in [2.24, 2.45) is 0 Å². The van der Waals surface area contributed by atoms with Crippen molar-refractivity contribution in [1.82, 2.24) is 10.8 Å². The molecule has 0 spiro atoms. The van der Waals surface area contributed by atoms with Crippen molar-refractivity contribution < 1.29 is 10.0 Å². The normalized spacial score (nSPS) is 12.2. The van der Waals surface area contributed by atoms with Crippen molar-refractivity contribution in [2.45, 2.75) is 25.8 Å². The average molecular weight is 222 g/mol. The molecular weight excluding hydrogens is 204 g/mol. The number of hydroxylamine groups is 1. The Morgan fingerprint density at radius 3 is 2.69 bits per heavy atom. The fourth-order valence-corrected chi connectivity index (χ4v) is 1.72. The number of hydrogen-bond acceptors (Lipinski definition) is 3. The SMILES string of the molecule is CCCC(NO)c1ccccc1C(=O)NC. The van der Waals surface area contributed by atoms with Crippen LogP contribution >= 0.6 is 0 Å². The summed E-state index contributed by atoms with van der Waals surface area (Å²) in [5.74, 6) is -0.132. The zero-order valence-corrected chi connectivity index (χ0v) is 9.66. The zero-order valence-electron chi connectivity index (χ0n) is 9.66. The molecule has 16 heavy (non-hydrogen) atoms. The van der Waals surface area contributed by atoms with E-state index in [0.29, 0.717) is 5.56 Å². The Bertz CT molecular complexity index is 353. The fraction of sp³-hybridized carbons (Fsp3) is 0.417. The molecule has 1 amide bonds. The standard InChI is InChI=1S/C12H18N2O2/c1-3-6-11(14-16)9-7-4-5-8-10(9)12(15)13-2/h4-5,7-8,11,14,16H,3,6H2,1-2H3,(H,13,15). The molecular formula is C12H18N2O2. The highest BCUT2D eigenvalue weighted by molar-refractivity contribution is 5.95. The van der Waals surface area contributed by atoms with Crippen molar-refractivity contribution in [3.05, 3.63) is 35.4 Å². The molecule has 0 heterocycles. The third kappa shape index (κ3) is 2.81. The van der Waals surface area contributed by atoms with E-state index < -0.39 is 0 Å². The van der Waals surface area contributed by atoms with Gasteiger partial charge in [-0.2, -0.15) is 5.48 Å². The van der Waals surface area contributed by atoms with Crippen LogP contribution in [-0.4, -0.2) is 18.2 Å². The van der Waals surface area contributed by atoms with Crippen molar-refractivity contribution in [3.8, 4) is 0 Å². The monoisotopic (exact) mass is 222 g/mol. The summed E-state index contributed by atoms with van der Waals surface area (Å²) in [4.78, 5) is 11.6. The smallest absolute Gasteiger partial charge is 0.251 e. The van der Waals surface area contributed by atoms with Gasteiger partial charge in [0.2, 0.25) is 0 Å². The Morgan fingerprint density at radius 1 is 1.44 bits per heavy atom. The molecule has 0 aromatic heterocycles. The van der Waals surface area contributed by atoms with Gasteiger partial charge in [0.15, 0.2) is 0 Å². The van der Waals surface area contributed by atoms with Crippen LogP contribution in [0.25, 0.3) is 0 Å². The lowest BCUT2D eigenvalue weighted by Gasteiger charge is -2.17. The molecule has 1 aromatic carbocycles. The van der Waals surface area contributed by atoms with Gasteiger partial charge in [0.05, 0.1) is 6.04 Å². The highest BCUT2D eigenvalue weighted by atomic mass is 16.5. The Kier molecular flexibility index (Phi) is 4.95. The molecule has 0 saturated heterocycles. The van der Waals surface area contributed by atoms with E-state index in [1.807, 2.05) is 25.1 Å². The lowest BCUT2D eigenvalue weighted by molar-refractivity contribution is 0.0954. The molecule has 0 radical (unpaired) electrons. The second-order valence-electron chi connectivity index (χ2n) is 3.64. The lowest BCUT2D eigenvalue weighted by Crippen LogP contribution is -2.24. The van der Waals surface area contributed by atoms with Gasteiger partial charge < -0.3 is 10.5 Å². The van der Waals surface area contributed by atoms with Crippen LogP contribution in [0.2, 0.25) is 0 Å². The predicted molar refractivity (Wildman–Crippen MR) is 62.4 cm³/mol. The van der Waals surface area contributed by atoms with E-state index in [1.54, 1.807) is 13.1 Å². The quantitative estimate of drug-likeness (QED) is 0.666. The van der Waals surface area contributed by atoms with Crippen LogP contribution in [0.5, 0.6) is 0 Å². The summed E-state index contributed by atoms with van der Waals surface area (Å²) in [5, 5.41) is 11.7. The molecule has 3 N–H and O–H groups in total. The molecule has 0 aliphatic heterocycles. The van der Waals surface area contributed by atoms with Crippen LogP contribution in [0.1, 0.15) is 41.7 Å². The molecule has 0 aliphatic rings. The average Bonchev–Trinajstić information content (AvgIpc) is 2.35. The Morgan fingerprint density at radius 2 is 2.12 bits per heavy atom. The van der Waals surface area contributed by atoms with Crippen LogP contribution in [0.3, 0.4) is 0 Å². The molecule has 1 atom stereocenters. The molecule has 0 aliphatic carbocycles. The maximum absolute atomic E-state index is 11.6. The Hall–Kier alpha value is -1.39. The maximum atomic E-state index is 11.6. The fourth-order valence-electron chi connectivity index (χ4n) is 1.72. The van der Waals surface area contributed by atoms with E-state index in [2.05, 4.69) is 10.8 Å². The molecule has 1 unspecified atom stereocenters. The molecule has 4 nitrogen and oxygen atoms in total. The number of nitrogens with one attached hydrogen (secondary N) is 2. The molecule has 0 saturated carbocycles. The van der Waals surface area contributed by atoms with Crippen LogP contribution in [-0.2, 0) is 0 Å². The minimum Gasteiger partial charge on any atom is -0.355 e. The first-order valence-electron chi connectivity index (χ1n) is 5.45. The number of carbonyl (C=O) groups is 1. The number of benzene rings is 1. The second kappa shape index (κ2) is 6.25. The van der Waals surface area contributed by atoms with Crippen LogP contribution < -0.4 is 10.8 Å². The first kappa shape index (κ1) is 12.7. The number of hydrogen-bond donors (Lipinski definition) is 3. The molecule has 1 rings (SSSR count). The summed E-state index contributed by atoms with van der Waals surface area (Å²) in [7, 11) is 1.60. The molecule has 0 bridgehead atoms. The number of carbonyl (C=O) groups excluding carboxylic acids is 1. The number of rotatable bonds is 5. The van der Waals surface area contributed by atoms with Gasteiger partial charge in [-0.1, -0.05) is 31.5 Å². The van der Waals surface area contributed by atoms with Crippen molar-refractivity contribution >= 4 is 5.91 Å². The topological polar surface area (TPSA) is 61.4 Å². The van der Waals surface area contributed by atoms with E-state index in [9.17, 15) is 4.79 Å². The summed E-state index contributed by atoms with van der Waals surface area (Å²) in [6.07, 6.45) is 1.71. The van der Waals surface area contributed by atoms with Crippen molar-refractivity contribution in [2.75, 3.05) is 7.05 Å². The third-order valence-electron chi connectivity index (χ3n) is 2.54. The van der Waals surface area contributed by atoms with Gasteiger partial charge in [-0.05, 0) is 18.1 Å². The Labute approximate surface area is 95.6 Å². The summed E-state index contributed by atoms with van der Waals surface area (Å²) in [6.45, 7) is 2.03.